The van der Waals surface area contributed by atoms with Gasteiger partial charge in [0.15, 0.2) is 12.4 Å². The number of amides is 1. The van der Waals surface area contributed by atoms with Gasteiger partial charge in [-0.05, 0) is 80.8 Å². The molecule has 0 radical (unpaired) electrons. The van der Waals surface area contributed by atoms with E-state index < -0.39 is 5.97 Å². The Hall–Kier alpha value is -3.48. The normalized spacial score (nSPS) is 27.0. The van der Waals surface area contributed by atoms with Gasteiger partial charge in [0.1, 0.15) is 0 Å². The van der Waals surface area contributed by atoms with Gasteiger partial charge in [-0.25, -0.2) is 14.5 Å². The smallest absolute Gasteiger partial charge is 0.378 e. The molecule has 0 unspecified atom stereocenters. The van der Waals surface area contributed by atoms with Crippen LogP contribution in [0.1, 0.15) is 56.1 Å². The van der Waals surface area contributed by atoms with Crippen molar-refractivity contribution in [3.05, 3.63) is 66.5 Å². The lowest BCUT2D eigenvalue weighted by Crippen LogP contribution is -2.56. The molecule has 7 nitrogen and oxygen atoms in total. The molecule has 0 aliphatic heterocycles. The number of benzene rings is 2. The Bertz CT molecular complexity index is 1160. The van der Waals surface area contributed by atoms with E-state index in [4.69, 9.17) is 4.74 Å². The van der Waals surface area contributed by atoms with Crippen LogP contribution in [-0.2, 0) is 9.53 Å². The van der Waals surface area contributed by atoms with Gasteiger partial charge in [-0.15, -0.1) is 5.10 Å². The number of carbonyl (C=O) groups is 2. The molecular formula is C29H32N4O3. The van der Waals surface area contributed by atoms with E-state index >= 15 is 0 Å². The summed E-state index contributed by atoms with van der Waals surface area (Å²) in [5.74, 6) is 1.94. The number of esters is 1. The molecule has 3 aromatic rings. The minimum absolute atomic E-state index is 0.0698. The number of rotatable bonds is 7. The number of nitrogens with one attached hydrogen (secondary N) is 1. The second kappa shape index (κ2) is 9.19. The maximum absolute atomic E-state index is 12.8. The maximum Gasteiger partial charge on any atom is 0.378 e. The summed E-state index contributed by atoms with van der Waals surface area (Å²) in [7, 11) is 0. The van der Waals surface area contributed by atoms with Gasteiger partial charge in [-0.3, -0.25) is 4.79 Å². The Kier molecular flexibility index (Phi) is 5.86. The summed E-state index contributed by atoms with van der Waals surface area (Å²) >= 11 is 0. The fourth-order valence-corrected chi connectivity index (χ4v) is 7.26. The summed E-state index contributed by atoms with van der Waals surface area (Å²) in [5, 5.41) is 7.57. The lowest BCUT2D eigenvalue weighted by molar-refractivity contribution is -0.128. The van der Waals surface area contributed by atoms with Crippen molar-refractivity contribution < 1.29 is 14.3 Å². The lowest BCUT2D eigenvalue weighted by Gasteiger charge is -2.59. The Morgan fingerprint density at radius 2 is 1.56 bits per heavy atom. The predicted octanol–water partition coefficient (Wildman–Crippen LogP) is 4.81. The van der Waals surface area contributed by atoms with E-state index in [1.165, 1.54) is 38.5 Å². The molecule has 4 saturated carbocycles. The van der Waals surface area contributed by atoms with E-state index in [0.717, 1.165) is 29.0 Å². The van der Waals surface area contributed by atoms with Crippen LogP contribution in [-0.4, -0.2) is 39.3 Å². The topological polar surface area (TPSA) is 86.1 Å². The fourth-order valence-electron chi connectivity index (χ4n) is 7.26. The number of aromatic nitrogens is 3. The van der Waals surface area contributed by atoms with Gasteiger partial charge >= 0.3 is 5.97 Å². The van der Waals surface area contributed by atoms with Gasteiger partial charge in [-0.2, -0.15) is 0 Å². The minimum atomic E-state index is -0.709. The van der Waals surface area contributed by atoms with Gasteiger partial charge in [0.25, 0.3) is 11.7 Å². The fraction of sp³-hybridized carbons (Fsp3) is 0.448. The van der Waals surface area contributed by atoms with Crippen LogP contribution in [0.15, 0.2) is 60.7 Å². The molecule has 1 aromatic heterocycles. The molecule has 4 aliphatic carbocycles. The zero-order valence-electron chi connectivity index (χ0n) is 20.6. The Balaban J connectivity index is 1.13. The van der Waals surface area contributed by atoms with E-state index in [1.54, 1.807) is 4.68 Å². The molecule has 1 N–H and O–H groups in total. The van der Waals surface area contributed by atoms with Crippen LogP contribution in [0.4, 0.5) is 0 Å². The number of ether oxygens (including phenoxy) is 1. The van der Waals surface area contributed by atoms with E-state index in [1.807, 2.05) is 60.7 Å². The number of carbonyl (C=O) groups excluding carboxylic acids is 2. The highest BCUT2D eigenvalue weighted by Gasteiger charge is 2.53. The molecule has 0 spiro atoms. The Morgan fingerprint density at radius 3 is 2.17 bits per heavy atom. The lowest BCUT2D eigenvalue weighted by atomic mass is 9.48. The van der Waals surface area contributed by atoms with Gasteiger partial charge in [0.2, 0.25) is 0 Å². The first-order valence-corrected chi connectivity index (χ1v) is 13.0. The SMILES string of the molecule is C[C@H](NC(=O)COC(=O)c1nc(-c2ccccc2)n(-c2ccccc2)n1)C12CC3CC(CC(C3)C1)C2. The molecule has 36 heavy (non-hydrogen) atoms. The minimum Gasteiger partial charge on any atom is -0.450 e. The summed E-state index contributed by atoms with van der Waals surface area (Å²) in [6.07, 6.45) is 7.73. The van der Waals surface area contributed by atoms with Gasteiger partial charge in [-0.1, -0.05) is 48.5 Å². The summed E-state index contributed by atoms with van der Waals surface area (Å²) in [6.45, 7) is 1.79. The molecule has 186 valence electrons. The van der Waals surface area contributed by atoms with E-state index in [-0.39, 0.29) is 29.8 Å². The van der Waals surface area contributed by atoms with Crippen LogP contribution in [0.25, 0.3) is 17.1 Å². The molecule has 1 heterocycles. The highest BCUT2D eigenvalue weighted by Crippen LogP contribution is 2.61. The molecular weight excluding hydrogens is 452 g/mol. The van der Waals surface area contributed by atoms with Crippen molar-refractivity contribution in [2.24, 2.45) is 23.2 Å². The van der Waals surface area contributed by atoms with E-state index in [9.17, 15) is 9.59 Å². The second-order valence-electron chi connectivity index (χ2n) is 11.0. The largest absolute Gasteiger partial charge is 0.450 e. The highest BCUT2D eigenvalue weighted by atomic mass is 16.5. The van der Waals surface area contributed by atoms with Crippen molar-refractivity contribution in [1.82, 2.24) is 20.1 Å². The molecule has 7 heteroatoms. The zero-order chi connectivity index (χ0) is 24.7. The molecule has 1 atom stereocenters. The zero-order valence-corrected chi connectivity index (χ0v) is 20.6. The molecule has 4 aliphatic rings. The average Bonchev–Trinajstić information content (AvgIpc) is 3.33. The van der Waals surface area contributed by atoms with E-state index in [2.05, 4.69) is 22.3 Å². The first-order valence-electron chi connectivity index (χ1n) is 13.0. The molecule has 4 fully saturated rings. The quantitative estimate of drug-likeness (QED) is 0.486. The third kappa shape index (κ3) is 4.31. The van der Waals surface area contributed by atoms with Crippen LogP contribution in [0, 0.1) is 23.2 Å². The van der Waals surface area contributed by atoms with Crippen LogP contribution in [0.5, 0.6) is 0 Å². The maximum atomic E-state index is 12.8. The van der Waals surface area contributed by atoms with Crippen molar-refractivity contribution in [2.75, 3.05) is 6.61 Å². The number of nitrogens with zero attached hydrogens (tertiary/aromatic N) is 3. The Morgan fingerprint density at radius 1 is 0.972 bits per heavy atom. The third-order valence-corrected chi connectivity index (χ3v) is 8.54. The van der Waals surface area contributed by atoms with Crippen LogP contribution in [0.2, 0.25) is 0 Å². The molecule has 4 bridgehead atoms. The molecule has 7 rings (SSSR count). The number of hydrogen-bond donors (Lipinski definition) is 1. The van der Waals surface area contributed by atoms with Gasteiger partial charge in [0, 0.05) is 11.6 Å². The van der Waals surface area contributed by atoms with Crippen molar-refractivity contribution in [3.8, 4) is 17.1 Å². The van der Waals surface area contributed by atoms with Crippen molar-refractivity contribution in [2.45, 2.75) is 51.5 Å². The number of para-hydroxylation sites is 1. The average molecular weight is 485 g/mol. The summed E-state index contributed by atoms with van der Waals surface area (Å²) < 4.78 is 6.99. The molecule has 2 aromatic carbocycles. The highest BCUT2D eigenvalue weighted by molar-refractivity contribution is 5.88. The van der Waals surface area contributed by atoms with E-state index in [0.29, 0.717) is 5.82 Å². The first kappa shape index (κ1) is 23.0. The predicted molar refractivity (Wildman–Crippen MR) is 135 cm³/mol. The monoisotopic (exact) mass is 484 g/mol. The van der Waals surface area contributed by atoms with Gasteiger partial charge in [0.05, 0.1) is 5.69 Å². The Labute approximate surface area is 211 Å². The van der Waals surface area contributed by atoms with Crippen molar-refractivity contribution in [3.63, 3.8) is 0 Å². The van der Waals surface area contributed by atoms with Crippen molar-refractivity contribution in [1.29, 1.82) is 0 Å². The third-order valence-electron chi connectivity index (χ3n) is 8.54. The first-order chi connectivity index (χ1) is 17.5. The second-order valence-corrected chi connectivity index (χ2v) is 11.0. The number of hydrogen-bond acceptors (Lipinski definition) is 5. The summed E-state index contributed by atoms with van der Waals surface area (Å²) in [4.78, 5) is 30.1. The van der Waals surface area contributed by atoms with Crippen molar-refractivity contribution >= 4 is 11.9 Å². The van der Waals surface area contributed by atoms with Crippen LogP contribution in [0.3, 0.4) is 0 Å². The van der Waals surface area contributed by atoms with Crippen LogP contribution >= 0.6 is 0 Å². The molecule has 0 saturated heterocycles. The van der Waals surface area contributed by atoms with Crippen LogP contribution < -0.4 is 5.32 Å². The molecule has 1 amide bonds. The standard InChI is InChI=1S/C29H32N4O3/c1-19(29-15-20-12-21(16-29)14-22(13-20)17-29)30-25(34)18-36-28(35)26-31-27(23-8-4-2-5-9-23)33(32-26)24-10-6-3-7-11-24/h2-11,19-22H,12-18H2,1H3,(H,30,34)/t19-,20?,21?,22?,29?/m0/s1. The van der Waals surface area contributed by atoms with Gasteiger partial charge < -0.3 is 10.1 Å². The summed E-state index contributed by atoms with van der Waals surface area (Å²) in [6, 6.07) is 19.2. The summed E-state index contributed by atoms with van der Waals surface area (Å²) in [5.41, 5.74) is 1.81.